The lowest BCUT2D eigenvalue weighted by Gasteiger charge is -2.20. The number of amides is 1. The maximum atomic E-state index is 11.5. The Kier molecular flexibility index (Phi) is 5.88. The van der Waals surface area contributed by atoms with Crippen LogP contribution in [0.1, 0.15) is 6.42 Å². The summed E-state index contributed by atoms with van der Waals surface area (Å²) >= 11 is 0. The fraction of sp³-hybridized carbons (Fsp3) is 0.800. The molecule has 1 heterocycles. The zero-order valence-corrected chi connectivity index (χ0v) is 9.69. The van der Waals surface area contributed by atoms with E-state index in [0.717, 1.165) is 32.6 Å². The number of hydrogen-bond donors (Lipinski definition) is 4. The van der Waals surface area contributed by atoms with E-state index < -0.39 is 18.6 Å². The lowest BCUT2D eigenvalue weighted by molar-refractivity contribution is -0.143. The van der Waals surface area contributed by atoms with E-state index in [-0.39, 0.29) is 12.5 Å². The summed E-state index contributed by atoms with van der Waals surface area (Å²) in [5, 5.41) is 22.9. The van der Waals surface area contributed by atoms with Crippen molar-refractivity contribution in [2.24, 2.45) is 0 Å². The van der Waals surface area contributed by atoms with E-state index in [1.807, 2.05) is 4.90 Å². The normalized spacial score (nSPS) is 19.4. The highest BCUT2D eigenvalue weighted by molar-refractivity contribution is 5.84. The van der Waals surface area contributed by atoms with Crippen molar-refractivity contribution in [1.82, 2.24) is 15.5 Å². The fourth-order valence-electron chi connectivity index (χ4n) is 1.69. The molecule has 17 heavy (non-hydrogen) atoms. The second-order valence-electron chi connectivity index (χ2n) is 4.02. The van der Waals surface area contributed by atoms with Gasteiger partial charge in [-0.15, -0.1) is 0 Å². The van der Waals surface area contributed by atoms with Gasteiger partial charge in [-0.1, -0.05) is 0 Å². The van der Waals surface area contributed by atoms with Gasteiger partial charge in [0.25, 0.3) is 0 Å². The Balaban J connectivity index is 2.34. The van der Waals surface area contributed by atoms with Crippen LogP contribution in [-0.4, -0.2) is 72.4 Å². The lowest BCUT2D eigenvalue weighted by Crippen LogP contribution is -2.47. The third-order valence-electron chi connectivity index (χ3n) is 2.62. The molecule has 4 N–H and O–H groups in total. The van der Waals surface area contributed by atoms with Crippen molar-refractivity contribution in [2.45, 2.75) is 12.5 Å². The van der Waals surface area contributed by atoms with Crippen LogP contribution in [0.15, 0.2) is 0 Å². The molecule has 0 aromatic heterocycles. The molecule has 1 saturated heterocycles. The van der Waals surface area contributed by atoms with Gasteiger partial charge in [0.15, 0.2) is 0 Å². The molecule has 0 radical (unpaired) electrons. The lowest BCUT2D eigenvalue weighted by atomic mass is 10.3. The number of carboxylic acid groups (broad SMARTS) is 1. The Hall–Kier alpha value is -1.18. The highest BCUT2D eigenvalue weighted by Crippen LogP contribution is 1.95. The molecule has 1 aliphatic heterocycles. The van der Waals surface area contributed by atoms with E-state index in [4.69, 9.17) is 10.2 Å². The first-order chi connectivity index (χ1) is 8.13. The number of nitrogens with zero attached hydrogens (tertiary/aromatic N) is 1. The predicted molar refractivity (Wildman–Crippen MR) is 60.6 cm³/mol. The van der Waals surface area contributed by atoms with Crippen LogP contribution < -0.4 is 10.6 Å². The second-order valence-corrected chi connectivity index (χ2v) is 4.02. The molecule has 1 fully saturated rings. The van der Waals surface area contributed by atoms with Gasteiger partial charge < -0.3 is 20.8 Å². The molecule has 1 amide bonds. The van der Waals surface area contributed by atoms with E-state index in [2.05, 4.69) is 10.6 Å². The molecular formula is C10H19N3O4. The summed E-state index contributed by atoms with van der Waals surface area (Å²) in [5.41, 5.74) is 0. The van der Waals surface area contributed by atoms with Crippen LogP contribution in [0.25, 0.3) is 0 Å². The van der Waals surface area contributed by atoms with Crippen LogP contribution in [0.3, 0.4) is 0 Å². The van der Waals surface area contributed by atoms with Crippen molar-refractivity contribution < 1.29 is 19.8 Å². The number of carbonyl (C=O) groups is 2. The smallest absolute Gasteiger partial charge is 0.328 e. The zero-order chi connectivity index (χ0) is 12.7. The number of carbonyl (C=O) groups excluding carboxylic acids is 1. The summed E-state index contributed by atoms with van der Waals surface area (Å²) in [6.07, 6.45) is 0.968. The first-order valence-electron chi connectivity index (χ1n) is 5.69. The summed E-state index contributed by atoms with van der Waals surface area (Å²) < 4.78 is 0. The summed E-state index contributed by atoms with van der Waals surface area (Å²) in [7, 11) is 0. The van der Waals surface area contributed by atoms with Crippen molar-refractivity contribution in [2.75, 3.05) is 39.3 Å². The first kappa shape index (κ1) is 13.9. The first-order valence-corrected chi connectivity index (χ1v) is 5.69. The van der Waals surface area contributed by atoms with Gasteiger partial charge in [-0.3, -0.25) is 9.69 Å². The van der Waals surface area contributed by atoms with Gasteiger partial charge in [0.2, 0.25) is 5.91 Å². The summed E-state index contributed by atoms with van der Waals surface area (Å²) in [6.45, 7) is 2.93. The zero-order valence-electron chi connectivity index (χ0n) is 9.69. The number of rotatable bonds is 5. The van der Waals surface area contributed by atoms with Gasteiger partial charge in [0, 0.05) is 13.1 Å². The highest BCUT2D eigenvalue weighted by atomic mass is 16.4. The summed E-state index contributed by atoms with van der Waals surface area (Å²) in [4.78, 5) is 24.1. The molecule has 0 aliphatic carbocycles. The third kappa shape index (κ3) is 5.12. The number of nitrogens with one attached hydrogen (secondary N) is 2. The van der Waals surface area contributed by atoms with Crippen LogP contribution >= 0.6 is 0 Å². The highest BCUT2D eigenvalue weighted by Gasteiger charge is 2.20. The maximum absolute atomic E-state index is 11.5. The van der Waals surface area contributed by atoms with Crippen LogP contribution in [-0.2, 0) is 9.59 Å². The minimum atomic E-state index is -1.22. The number of hydrogen-bond acceptors (Lipinski definition) is 5. The molecule has 0 aromatic rings. The minimum absolute atomic E-state index is 0.172. The number of aliphatic carboxylic acids is 1. The third-order valence-corrected chi connectivity index (χ3v) is 2.62. The van der Waals surface area contributed by atoms with Gasteiger partial charge in [-0.2, -0.15) is 0 Å². The SMILES string of the molecule is O=C(CN1CCCNCC1)N[C@@H](CO)C(=O)O. The van der Waals surface area contributed by atoms with Crippen molar-refractivity contribution in [3.63, 3.8) is 0 Å². The Morgan fingerprint density at radius 2 is 2.12 bits per heavy atom. The minimum Gasteiger partial charge on any atom is -0.480 e. The monoisotopic (exact) mass is 245 g/mol. The van der Waals surface area contributed by atoms with Gasteiger partial charge in [0.05, 0.1) is 13.2 Å². The van der Waals surface area contributed by atoms with Gasteiger partial charge in [-0.25, -0.2) is 4.79 Å². The molecule has 98 valence electrons. The average molecular weight is 245 g/mol. The number of aliphatic hydroxyl groups is 1. The Morgan fingerprint density at radius 3 is 2.76 bits per heavy atom. The quantitative estimate of drug-likeness (QED) is 0.440. The molecule has 0 spiro atoms. The van der Waals surface area contributed by atoms with E-state index in [0.29, 0.717) is 0 Å². The summed E-state index contributed by atoms with van der Waals surface area (Å²) in [6, 6.07) is -1.22. The molecule has 1 rings (SSSR count). The molecule has 1 aliphatic rings. The molecule has 0 unspecified atom stereocenters. The molecule has 1 atom stereocenters. The van der Waals surface area contributed by atoms with Gasteiger partial charge >= 0.3 is 5.97 Å². The van der Waals surface area contributed by atoms with E-state index >= 15 is 0 Å². The van der Waals surface area contributed by atoms with Crippen LogP contribution in [0.4, 0.5) is 0 Å². The Morgan fingerprint density at radius 1 is 1.35 bits per heavy atom. The van der Waals surface area contributed by atoms with E-state index in [9.17, 15) is 9.59 Å². The van der Waals surface area contributed by atoms with Gasteiger partial charge in [0.1, 0.15) is 6.04 Å². The average Bonchev–Trinajstić information content (AvgIpc) is 2.54. The molecule has 0 saturated carbocycles. The number of carboxylic acids is 1. The van der Waals surface area contributed by atoms with Crippen molar-refractivity contribution in [1.29, 1.82) is 0 Å². The van der Waals surface area contributed by atoms with Crippen LogP contribution in [0.2, 0.25) is 0 Å². The van der Waals surface area contributed by atoms with Crippen LogP contribution in [0, 0.1) is 0 Å². The molecule has 0 aromatic carbocycles. The number of aliphatic hydroxyl groups excluding tert-OH is 1. The van der Waals surface area contributed by atoms with Gasteiger partial charge in [-0.05, 0) is 19.5 Å². The molecule has 7 nitrogen and oxygen atoms in total. The Labute approximate surface area is 99.8 Å². The van der Waals surface area contributed by atoms with E-state index in [1.54, 1.807) is 0 Å². The Bertz CT molecular complexity index is 264. The second kappa shape index (κ2) is 7.21. The molecule has 7 heteroatoms. The topological polar surface area (TPSA) is 102 Å². The largest absolute Gasteiger partial charge is 0.480 e. The standard InChI is InChI=1S/C10H19N3O4/c14-7-8(10(16)17)12-9(15)6-13-4-1-2-11-3-5-13/h8,11,14H,1-7H2,(H,12,15)(H,16,17)/t8-/m0/s1. The maximum Gasteiger partial charge on any atom is 0.328 e. The predicted octanol–water partition coefficient (Wildman–Crippen LogP) is -2.16. The van der Waals surface area contributed by atoms with Crippen molar-refractivity contribution >= 4 is 11.9 Å². The van der Waals surface area contributed by atoms with Crippen molar-refractivity contribution in [3.8, 4) is 0 Å². The summed E-state index contributed by atoms with van der Waals surface area (Å²) in [5.74, 6) is -1.59. The molecular weight excluding hydrogens is 226 g/mol. The fourth-order valence-corrected chi connectivity index (χ4v) is 1.69. The van der Waals surface area contributed by atoms with Crippen molar-refractivity contribution in [3.05, 3.63) is 0 Å². The molecule has 0 bridgehead atoms. The van der Waals surface area contributed by atoms with E-state index in [1.165, 1.54) is 0 Å². The van der Waals surface area contributed by atoms with Crippen LogP contribution in [0.5, 0.6) is 0 Å².